The number of rotatable bonds is 3. The van der Waals surface area contributed by atoms with Crippen molar-refractivity contribution in [3.05, 3.63) is 59.0 Å². The van der Waals surface area contributed by atoms with Crippen LogP contribution in [0.15, 0.2) is 41.0 Å². The van der Waals surface area contributed by atoms with E-state index in [4.69, 9.17) is 4.42 Å². The van der Waals surface area contributed by atoms with Crippen LogP contribution in [0.3, 0.4) is 0 Å². The Morgan fingerprint density at radius 2 is 2.00 bits per heavy atom. The molecular weight excluding hydrogens is 316 g/mol. The summed E-state index contributed by atoms with van der Waals surface area (Å²) in [5, 5.41) is 13.7. The van der Waals surface area contributed by atoms with Crippen LogP contribution in [0.2, 0.25) is 0 Å². The lowest BCUT2D eigenvalue weighted by atomic mass is 10.0. The number of amides is 1. The third-order valence-electron chi connectivity index (χ3n) is 5.57. The molecule has 1 aromatic heterocycles. The molecule has 0 bridgehead atoms. The average Bonchev–Trinajstić information content (AvgIpc) is 3.20. The van der Waals surface area contributed by atoms with Gasteiger partial charge >= 0.3 is 0 Å². The number of piperidine rings is 1. The van der Waals surface area contributed by atoms with Crippen molar-refractivity contribution < 1.29 is 14.3 Å². The number of fused-ring (bicyclic) bond motifs is 1. The van der Waals surface area contributed by atoms with Gasteiger partial charge in [0, 0.05) is 30.7 Å². The van der Waals surface area contributed by atoms with E-state index in [0.29, 0.717) is 5.76 Å². The monoisotopic (exact) mass is 340 g/mol. The molecule has 1 aliphatic carbocycles. The summed E-state index contributed by atoms with van der Waals surface area (Å²) in [7, 11) is 0. The van der Waals surface area contributed by atoms with Crippen molar-refractivity contribution in [2.75, 3.05) is 13.1 Å². The average molecular weight is 340 g/mol. The first kappa shape index (κ1) is 16.4. The van der Waals surface area contributed by atoms with Crippen LogP contribution in [0, 0.1) is 6.92 Å². The van der Waals surface area contributed by atoms with Gasteiger partial charge < -0.3 is 14.8 Å². The van der Waals surface area contributed by atoms with Crippen molar-refractivity contribution in [1.29, 1.82) is 0 Å². The van der Waals surface area contributed by atoms with E-state index in [-0.39, 0.29) is 18.0 Å². The Morgan fingerprint density at radius 3 is 2.68 bits per heavy atom. The van der Waals surface area contributed by atoms with Crippen LogP contribution in [-0.2, 0) is 6.42 Å². The molecule has 1 saturated heterocycles. The summed E-state index contributed by atoms with van der Waals surface area (Å²) in [5.41, 5.74) is 3.18. The largest absolute Gasteiger partial charge is 0.459 e. The summed E-state index contributed by atoms with van der Waals surface area (Å²) in [6.07, 6.45) is 3.83. The molecule has 0 saturated carbocycles. The second-order valence-corrected chi connectivity index (χ2v) is 7.13. The van der Waals surface area contributed by atoms with Crippen LogP contribution in [0.4, 0.5) is 0 Å². The summed E-state index contributed by atoms with van der Waals surface area (Å²) < 4.78 is 5.26. The minimum atomic E-state index is -0.409. The van der Waals surface area contributed by atoms with Gasteiger partial charge in [0.15, 0.2) is 5.76 Å². The zero-order valence-electron chi connectivity index (χ0n) is 14.4. The number of aliphatic hydroxyl groups excluding tert-OH is 1. The number of nitrogens with zero attached hydrogens (tertiary/aromatic N) is 1. The Kier molecular flexibility index (Phi) is 4.36. The van der Waals surface area contributed by atoms with Gasteiger partial charge in [-0.05, 0) is 43.4 Å². The predicted molar refractivity (Wildman–Crippen MR) is 94.4 cm³/mol. The van der Waals surface area contributed by atoms with Crippen molar-refractivity contribution in [3.8, 4) is 0 Å². The molecule has 0 radical (unpaired) electrons. The van der Waals surface area contributed by atoms with Gasteiger partial charge in [-0.3, -0.25) is 9.69 Å². The molecule has 2 aliphatic rings. The summed E-state index contributed by atoms with van der Waals surface area (Å²) in [4.78, 5) is 14.6. The van der Waals surface area contributed by atoms with Gasteiger partial charge in [-0.1, -0.05) is 24.3 Å². The molecule has 2 aromatic rings. The van der Waals surface area contributed by atoms with Crippen LogP contribution < -0.4 is 5.32 Å². The number of hydrogen-bond donors (Lipinski definition) is 2. The van der Waals surface area contributed by atoms with E-state index >= 15 is 0 Å². The number of benzene rings is 1. The maximum absolute atomic E-state index is 12.3. The number of carbonyl (C=O) groups excluding carboxylic acids is 1. The Labute approximate surface area is 147 Å². The number of hydrogen-bond acceptors (Lipinski definition) is 4. The highest BCUT2D eigenvalue weighted by molar-refractivity contribution is 5.92. The minimum Gasteiger partial charge on any atom is -0.459 e. The van der Waals surface area contributed by atoms with Crippen molar-refractivity contribution in [3.63, 3.8) is 0 Å². The molecule has 1 amide bonds. The summed E-state index contributed by atoms with van der Waals surface area (Å²) >= 11 is 0. The first-order chi connectivity index (χ1) is 12.1. The van der Waals surface area contributed by atoms with E-state index < -0.39 is 6.10 Å². The zero-order valence-corrected chi connectivity index (χ0v) is 14.4. The fraction of sp³-hybridized carbons (Fsp3) is 0.450. The van der Waals surface area contributed by atoms with Gasteiger partial charge in [0.2, 0.25) is 0 Å². The third-order valence-corrected chi connectivity index (χ3v) is 5.57. The number of carbonyl (C=O) groups is 1. The molecule has 5 heteroatoms. The third kappa shape index (κ3) is 3.10. The molecule has 2 heterocycles. The highest BCUT2D eigenvalue weighted by Gasteiger charge is 2.36. The predicted octanol–water partition coefficient (Wildman–Crippen LogP) is 2.44. The fourth-order valence-electron chi connectivity index (χ4n) is 4.11. The number of furan rings is 1. The van der Waals surface area contributed by atoms with E-state index in [0.717, 1.165) is 43.5 Å². The van der Waals surface area contributed by atoms with E-state index in [1.807, 2.05) is 25.1 Å². The maximum atomic E-state index is 12.3. The van der Waals surface area contributed by atoms with Gasteiger partial charge in [0.1, 0.15) is 0 Å². The highest BCUT2D eigenvalue weighted by atomic mass is 16.3. The zero-order chi connectivity index (χ0) is 17.4. The number of nitrogens with one attached hydrogen (secondary N) is 1. The maximum Gasteiger partial charge on any atom is 0.287 e. The van der Waals surface area contributed by atoms with Crippen LogP contribution in [0.1, 0.15) is 46.2 Å². The number of likely N-dealkylation sites (tertiary alicyclic amines) is 1. The topological polar surface area (TPSA) is 65.7 Å². The molecule has 1 aliphatic heterocycles. The Bertz CT molecular complexity index is 762. The molecule has 132 valence electrons. The van der Waals surface area contributed by atoms with Crippen molar-refractivity contribution in [1.82, 2.24) is 10.2 Å². The first-order valence-electron chi connectivity index (χ1n) is 8.98. The molecule has 5 nitrogen and oxygen atoms in total. The molecule has 1 fully saturated rings. The molecule has 0 spiro atoms. The molecule has 0 unspecified atom stereocenters. The van der Waals surface area contributed by atoms with Gasteiger partial charge in [-0.25, -0.2) is 0 Å². The highest BCUT2D eigenvalue weighted by Crippen LogP contribution is 2.35. The van der Waals surface area contributed by atoms with Crippen LogP contribution >= 0.6 is 0 Å². The SMILES string of the molecule is Cc1ccoc1C(=O)NC1CCN([C@@H]2Cc3ccccc3[C@H]2O)CC1. The molecule has 25 heavy (non-hydrogen) atoms. The first-order valence-corrected chi connectivity index (χ1v) is 8.98. The lowest BCUT2D eigenvalue weighted by Crippen LogP contribution is -2.49. The van der Waals surface area contributed by atoms with Gasteiger partial charge in [0.05, 0.1) is 12.4 Å². The van der Waals surface area contributed by atoms with Crippen molar-refractivity contribution in [2.45, 2.75) is 44.4 Å². The Hall–Kier alpha value is -2.11. The second kappa shape index (κ2) is 6.65. The molecule has 4 rings (SSSR count). The minimum absolute atomic E-state index is 0.130. The summed E-state index contributed by atoms with van der Waals surface area (Å²) in [6, 6.07) is 10.3. The Morgan fingerprint density at radius 1 is 1.24 bits per heavy atom. The van der Waals surface area contributed by atoms with E-state index in [1.54, 1.807) is 12.3 Å². The molecular formula is C20H24N2O3. The smallest absolute Gasteiger partial charge is 0.287 e. The number of aryl methyl sites for hydroxylation is 1. The Balaban J connectivity index is 1.33. The van der Waals surface area contributed by atoms with Crippen LogP contribution in [0.25, 0.3) is 0 Å². The fourth-order valence-corrected chi connectivity index (χ4v) is 4.11. The van der Waals surface area contributed by atoms with E-state index in [2.05, 4.69) is 16.3 Å². The van der Waals surface area contributed by atoms with Gasteiger partial charge in [0.25, 0.3) is 5.91 Å². The van der Waals surface area contributed by atoms with E-state index in [9.17, 15) is 9.90 Å². The lowest BCUT2D eigenvalue weighted by molar-refractivity contribution is 0.0425. The normalized spacial score (nSPS) is 24.2. The summed E-state index contributed by atoms with van der Waals surface area (Å²) in [6.45, 7) is 3.65. The van der Waals surface area contributed by atoms with Crippen LogP contribution in [-0.4, -0.2) is 41.1 Å². The van der Waals surface area contributed by atoms with Crippen molar-refractivity contribution in [2.24, 2.45) is 0 Å². The molecule has 2 atom stereocenters. The summed E-state index contributed by atoms with van der Waals surface area (Å²) in [5.74, 6) is 0.276. The second-order valence-electron chi connectivity index (χ2n) is 7.13. The standard InChI is InChI=1S/C20H24N2O3/c1-13-8-11-25-19(13)20(24)21-15-6-9-22(10-7-15)17-12-14-4-2-3-5-16(14)18(17)23/h2-5,8,11,15,17-18,23H,6-7,9-10,12H2,1H3,(H,21,24)/t17-,18-/m1/s1. The van der Waals surface area contributed by atoms with Crippen molar-refractivity contribution >= 4 is 5.91 Å². The van der Waals surface area contributed by atoms with Gasteiger partial charge in [-0.15, -0.1) is 0 Å². The van der Waals surface area contributed by atoms with Crippen LogP contribution in [0.5, 0.6) is 0 Å². The van der Waals surface area contributed by atoms with Gasteiger partial charge in [-0.2, -0.15) is 0 Å². The number of aliphatic hydroxyl groups is 1. The molecule has 2 N–H and O–H groups in total. The molecule has 1 aromatic carbocycles. The quantitative estimate of drug-likeness (QED) is 0.901. The lowest BCUT2D eigenvalue weighted by Gasteiger charge is -2.37. The van der Waals surface area contributed by atoms with E-state index in [1.165, 1.54) is 5.56 Å².